The molecule has 0 aromatic carbocycles. The number of carbonyl (C=O) groups excluding carboxylic acids is 2. The lowest BCUT2D eigenvalue weighted by molar-refractivity contribution is -0.139. The van der Waals surface area contributed by atoms with Crippen molar-refractivity contribution in [1.82, 2.24) is 15.1 Å². The normalized spacial score (nSPS) is 16.7. The molecule has 0 bridgehead atoms. The van der Waals surface area contributed by atoms with E-state index in [4.69, 9.17) is 5.11 Å². The van der Waals surface area contributed by atoms with E-state index in [1.165, 1.54) is 6.92 Å². The highest BCUT2D eigenvalue weighted by molar-refractivity contribution is 5.82. The minimum Gasteiger partial charge on any atom is -0.480 e. The monoisotopic (exact) mass is 285 g/mol. The van der Waals surface area contributed by atoms with Gasteiger partial charge < -0.3 is 20.2 Å². The minimum atomic E-state index is -1.01. The van der Waals surface area contributed by atoms with Crippen LogP contribution in [0.1, 0.15) is 33.1 Å². The molecule has 7 heteroatoms. The molecule has 1 aliphatic heterocycles. The Morgan fingerprint density at radius 2 is 1.70 bits per heavy atom. The zero-order chi connectivity index (χ0) is 15.1. The van der Waals surface area contributed by atoms with Crippen LogP contribution in [0.4, 0.5) is 4.79 Å². The molecule has 0 aromatic rings. The number of hydrogen-bond acceptors (Lipinski definition) is 3. The summed E-state index contributed by atoms with van der Waals surface area (Å²) >= 11 is 0. The largest absolute Gasteiger partial charge is 0.480 e. The van der Waals surface area contributed by atoms with Crippen molar-refractivity contribution in [2.75, 3.05) is 26.2 Å². The van der Waals surface area contributed by atoms with E-state index in [1.807, 2.05) is 6.92 Å². The van der Waals surface area contributed by atoms with Crippen molar-refractivity contribution in [3.8, 4) is 0 Å². The summed E-state index contributed by atoms with van der Waals surface area (Å²) in [5.74, 6) is -1.01. The van der Waals surface area contributed by atoms with Crippen molar-refractivity contribution in [3.63, 3.8) is 0 Å². The first-order chi connectivity index (χ1) is 9.45. The molecule has 20 heavy (non-hydrogen) atoms. The summed E-state index contributed by atoms with van der Waals surface area (Å²) in [6, 6.07) is -1.20. The van der Waals surface area contributed by atoms with Gasteiger partial charge in [-0.25, -0.2) is 9.59 Å². The van der Waals surface area contributed by atoms with Crippen LogP contribution in [0.15, 0.2) is 0 Å². The van der Waals surface area contributed by atoms with Gasteiger partial charge in [0.05, 0.1) is 0 Å². The molecule has 1 saturated heterocycles. The van der Waals surface area contributed by atoms with Crippen LogP contribution < -0.4 is 5.32 Å². The fourth-order valence-corrected chi connectivity index (χ4v) is 2.13. The number of hydrogen-bond donors (Lipinski definition) is 2. The number of nitrogens with one attached hydrogen (secondary N) is 1. The first-order valence-corrected chi connectivity index (χ1v) is 6.99. The van der Waals surface area contributed by atoms with Crippen molar-refractivity contribution in [1.29, 1.82) is 0 Å². The highest BCUT2D eigenvalue weighted by Gasteiger charge is 2.26. The second kappa shape index (κ2) is 7.72. The third-order valence-electron chi connectivity index (χ3n) is 3.45. The molecule has 0 saturated carbocycles. The lowest BCUT2D eigenvalue weighted by Gasteiger charge is -2.34. The Morgan fingerprint density at radius 1 is 1.15 bits per heavy atom. The SMILES string of the molecule is CCCC[C@H](NC(=O)N1CCN(C(C)=O)CC1)C(=O)O. The van der Waals surface area contributed by atoms with E-state index in [1.54, 1.807) is 9.80 Å². The third kappa shape index (κ3) is 4.71. The molecular formula is C13H23N3O4. The van der Waals surface area contributed by atoms with Gasteiger partial charge in [0.2, 0.25) is 5.91 Å². The zero-order valence-electron chi connectivity index (χ0n) is 12.1. The number of piperazine rings is 1. The first-order valence-electron chi connectivity index (χ1n) is 6.99. The van der Waals surface area contributed by atoms with Gasteiger partial charge in [-0.15, -0.1) is 0 Å². The van der Waals surface area contributed by atoms with Gasteiger partial charge in [0.25, 0.3) is 0 Å². The number of carboxylic acid groups (broad SMARTS) is 1. The van der Waals surface area contributed by atoms with Crippen LogP contribution in [0.25, 0.3) is 0 Å². The van der Waals surface area contributed by atoms with Gasteiger partial charge in [-0.05, 0) is 6.42 Å². The van der Waals surface area contributed by atoms with Gasteiger partial charge in [-0.2, -0.15) is 0 Å². The van der Waals surface area contributed by atoms with Gasteiger partial charge in [0, 0.05) is 33.1 Å². The summed E-state index contributed by atoms with van der Waals surface area (Å²) < 4.78 is 0. The molecule has 1 heterocycles. The van der Waals surface area contributed by atoms with E-state index in [0.717, 1.165) is 12.8 Å². The van der Waals surface area contributed by atoms with Crippen LogP contribution in [0.2, 0.25) is 0 Å². The van der Waals surface area contributed by atoms with Gasteiger partial charge in [0.15, 0.2) is 0 Å². The maximum atomic E-state index is 12.0. The van der Waals surface area contributed by atoms with E-state index >= 15 is 0 Å². The number of carbonyl (C=O) groups is 3. The first kappa shape index (κ1) is 16.3. The smallest absolute Gasteiger partial charge is 0.326 e. The molecule has 7 nitrogen and oxygen atoms in total. The Kier molecular flexibility index (Phi) is 6.27. The Balaban J connectivity index is 2.45. The van der Waals surface area contributed by atoms with E-state index in [2.05, 4.69) is 5.32 Å². The predicted molar refractivity (Wildman–Crippen MR) is 73.3 cm³/mol. The Morgan fingerprint density at radius 3 is 2.15 bits per heavy atom. The van der Waals surface area contributed by atoms with Crippen LogP contribution in [0.5, 0.6) is 0 Å². The van der Waals surface area contributed by atoms with Crippen LogP contribution in [0, 0.1) is 0 Å². The van der Waals surface area contributed by atoms with Crippen LogP contribution >= 0.6 is 0 Å². The van der Waals surface area contributed by atoms with Gasteiger partial charge in [-0.3, -0.25) is 4.79 Å². The highest BCUT2D eigenvalue weighted by Crippen LogP contribution is 2.05. The Bertz CT molecular complexity index is 365. The van der Waals surface area contributed by atoms with E-state index in [0.29, 0.717) is 32.6 Å². The maximum absolute atomic E-state index is 12.0. The van der Waals surface area contributed by atoms with Crippen LogP contribution in [-0.4, -0.2) is 65.0 Å². The number of rotatable bonds is 5. The number of aliphatic carboxylic acids is 1. The summed E-state index contributed by atoms with van der Waals surface area (Å²) in [4.78, 5) is 37.5. The molecule has 0 spiro atoms. The molecule has 1 rings (SSSR count). The molecule has 3 amide bonds. The average Bonchev–Trinajstić information content (AvgIpc) is 2.42. The van der Waals surface area contributed by atoms with Crippen molar-refractivity contribution < 1.29 is 19.5 Å². The van der Waals surface area contributed by atoms with Crippen LogP contribution in [-0.2, 0) is 9.59 Å². The molecule has 2 N–H and O–H groups in total. The predicted octanol–water partition coefficient (Wildman–Crippen LogP) is 0.504. The molecule has 1 atom stereocenters. The van der Waals surface area contributed by atoms with Gasteiger partial charge in [0.1, 0.15) is 6.04 Å². The number of carboxylic acids is 1. The summed E-state index contributed by atoms with van der Waals surface area (Å²) in [7, 11) is 0. The van der Waals surface area contributed by atoms with Crippen LogP contribution in [0.3, 0.4) is 0 Å². The molecule has 1 aliphatic rings. The van der Waals surface area contributed by atoms with E-state index in [9.17, 15) is 14.4 Å². The molecule has 0 unspecified atom stereocenters. The molecule has 0 radical (unpaired) electrons. The second-order valence-corrected chi connectivity index (χ2v) is 4.98. The van der Waals surface area contributed by atoms with Crippen molar-refractivity contribution in [2.24, 2.45) is 0 Å². The quantitative estimate of drug-likeness (QED) is 0.770. The molecule has 1 fully saturated rings. The number of nitrogens with zero attached hydrogens (tertiary/aromatic N) is 2. The summed E-state index contributed by atoms with van der Waals surface area (Å²) in [6.07, 6.45) is 2.08. The molecule has 0 aromatic heterocycles. The topological polar surface area (TPSA) is 90.0 Å². The highest BCUT2D eigenvalue weighted by atomic mass is 16.4. The number of urea groups is 1. The molecular weight excluding hydrogens is 262 g/mol. The molecule has 114 valence electrons. The summed E-state index contributed by atoms with van der Waals surface area (Å²) in [5, 5.41) is 11.6. The van der Waals surface area contributed by atoms with E-state index in [-0.39, 0.29) is 11.9 Å². The van der Waals surface area contributed by atoms with Crippen molar-refractivity contribution >= 4 is 17.9 Å². The maximum Gasteiger partial charge on any atom is 0.326 e. The van der Waals surface area contributed by atoms with Crippen molar-refractivity contribution in [3.05, 3.63) is 0 Å². The Hall–Kier alpha value is -1.79. The zero-order valence-corrected chi connectivity index (χ0v) is 12.1. The average molecular weight is 285 g/mol. The summed E-state index contributed by atoms with van der Waals surface area (Å²) in [5.41, 5.74) is 0. The number of amides is 3. The Labute approximate surface area is 118 Å². The van der Waals surface area contributed by atoms with E-state index < -0.39 is 12.0 Å². The minimum absolute atomic E-state index is 0.00332. The van der Waals surface area contributed by atoms with Crippen molar-refractivity contribution in [2.45, 2.75) is 39.2 Å². The molecule has 0 aliphatic carbocycles. The third-order valence-corrected chi connectivity index (χ3v) is 3.45. The lowest BCUT2D eigenvalue weighted by atomic mass is 10.1. The second-order valence-electron chi connectivity index (χ2n) is 4.98. The van der Waals surface area contributed by atoms with Gasteiger partial charge >= 0.3 is 12.0 Å². The standard InChI is InChI=1S/C13H23N3O4/c1-3-4-5-11(12(18)19)14-13(20)16-8-6-15(7-9-16)10(2)17/h11H,3-9H2,1-2H3,(H,14,20)(H,18,19)/t11-/m0/s1. The lowest BCUT2D eigenvalue weighted by Crippen LogP contribution is -2.55. The fraction of sp³-hybridized carbons (Fsp3) is 0.769. The van der Waals surface area contributed by atoms with Gasteiger partial charge in [-0.1, -0.05) is 19.8 Å². The fourth-order valence-electron chi connectivity index (χ4n) is 2.13. The number of unbranched alkanes of at least 4 members (excludes halogenated alkanes) is 1. The summed E-state index contributed by atoms with van der Waals surface area (Å²) in [6.45, 7) is 5.34.